The first kappa shape index (κ1) is 33.6. The summed E-state index contributed by atoms with van der Waals surface area (Å²) in [6, 6.07) is 14.7. The van der Waals surface area contributed by atoms with Crippen molar-refractivity contribution in [3.05, 3.63) is 82.1 Å². The van der Waals surface area contributed by atoms with E-state index in [2.05, 4.69) is 25.8 Å². The third-order valence-corrected chi connectivity index (χ3v) is 11.3. The fourth-order valence-corrected chi connectivity index (χ4v) is 8.66. The molecule has 4 saturated heterocycles. The van der Waals surface area contributed by atoms with Gasteiger partial charge in [0.05, 0.1) is 36.0 Å². The van der Waals surface area contributed by atoms with Crippen LogP contribution in [0.1, 0.15) is 43.7 Å². The lowest BCUT2D eigenvalue weighted by Crippen LogP contribution is -2.67. The van der Waals surface area contributed by atoms with Crippen molar-refractivity contribution in [3.63, 3.8) is 0 Å². The van der Waals surface area contributed by atoms with E-state index in [1.807, 2.05) is 37.3 Å². The Kier molecular flexibility index (Phi) is 8.31. The van der Waals surface area contributed by atoms with E-state index in [9.17, 15) is 9.59 Å². The highest BCUT2D eigenvalue weighted by molar-refractivity contribution is 6.36. The SMILES string of the molecule is COC1=C(CN2CC3(CCC(=O)N3)C2)N=CC(C)(c2cccc(-c3cccc(-c4ccc(CN5CC6(CCC(=O)N6)C5)c(OC)n4)c3Cl)c2F)N1. The summed E-state index contributed by atoms with van der Waals surface area (Å²) in [4.78, 5) is 37.6. The number of benzene rings is 2. The number of carbonyl (C=O) groups is 2. The molecule has 5 aliphatic rings. The van der Waals surface area contributed by atoms with Crippen LogP contribution in [-0.2, 0) is 26.4 Å². The average Bonchev–Trinajstić information content (AvgIpc) is 3.68. The molecule has 13 heteroatoms. The number of carbonyl (C=O) groups excluding carboxylic acids is 2. The fourth-order valence-electron chi connectivity index (χ4n) is 8.34. The zero-order valence-electron chi connectivity index (χ0n) is 28.9. The second kappa shape index (κ2) is 12.6. The largest absolute Gasteiger partial charge is 0.481 e. The van der Waals surface area contributed by atoms with E-state index in [0.717, 1.165) is 44.6 Å². The molecular formula is C38H41ClFN7O4. The molecule has 51 heavy (non-hydrogen) atoms. The molecule has 2 spiro atoms. The molecule has 2 aromatic carbocycles. The number of halogens is 2. The van der Waals surface area contributed by atoms with Crippen molar-refractivity contribution in [2.24, 2.45) is 4.99 Å². The van der Waals surface area contributed by atoms with Crippen molar-refractivity contribution in [1.29, 1.82) is 0 Å². The summed E-state index contributed by atoms with van der Waals surface area (Å²) in [6.07, 6.45) is 4.59. The Morgan fingerprint density at radius 2 is 1.45 bits per heavy atom. The predicted octanol–water partition coefficient (Wildman–Crippen LogP) is 4.35. The average molecular weight is 714 g/mol. The van der Waals surface area contributed by atoms with Crippen molar-refractivity contribution in [2.75, 3.05) is 46.9 Å². The molecule has 0 radical (unpaired) electrons. The van der Waals surface area contributed by atoms with E-state index in [0.29, 0.717) is 76.4 Å². The summed E-state index contributed by atoms with van der Waals surface area (Å²) in [5, 5.41) is 9.99. The second-order valence-electron chi connectivity index (χ2n) is 14.7. The van der Waals surface area contributed by atoms with Gasteiger partial charge in [-0.25, -0.2) is 9.37 Å². The molecule has 1 aromatic heterocycles. The molecule has 0 bridgehead atoms. The molecule has 2 amide bonds. The fraction of sp³-hybridized carbons (Fsp3) is 0.421. The minimum atomic E-state index is -1.00. The van der Waals surface area contributed by atoms with E-state index >= 15 is 4.39 Å². The molecule has 6 heterocycles. The molecule has 4 fully saturated rings. The van der Waals surface area contributed by atoms with Gasteiger partial charge in [-0.1, -0.05) is 54.1 Å². The summed E-state index contributed by atoms with van der Waals surface area (Å²) < 4.78 is 28.1. The van der Waals surface area contributed by atoms with Crippen molar-refractivity contribution in [1.82, 2.24) is 30.7 Å². The Labute approximate surface area is 301 Å². The first-order valence-electron chi connectivity index (χ1n) is 17.3. The van der Waals surface area contributed by atoms with Gasteiger partial charge >= 0.3 is 0 Å². The van der Waals surface area contributed by atoms with E-state index < -0.39 is 11.4 Å². The topological polar surface area (TPSA) is 120 Å². The Morgan fingerprint density at radius 1 is 0.824 bits per heavy atom. The van der Waals surface area contributed by atoms with Crippen LogP contribution in [0, 0.1) is 5.82 Å². The number of rotatable bonds is 9. The highest BCUT2D eigenvalue weighted by Gasteiger charge is 2.49. The van der Waals surface area contributed by atoms with Crippen LogP contribution in [0.15, 0.2) is 65.1 Å². The molecule has 266 valence electrons. The van der Waals surface area contributed by atoms with Gasteiger partial charge in [0, 0.05) is 86.1 Å². The van der Waals surface area contributed by atoms with E-state index in [1.165, 1.54) is 0 Å². The second-order valence-corrected chi connectivity index (χ2v) is 15.1. The zero-order valence-corrected chi connectivity index (χ0v) is 29.7. The molecule has 8 rings (SSSR count). The minimum absolute atomic E-state index is 0.101. The van der Waals surface area contributed by atoms with Crippen LogP contribution >= 0.6 is 11.6 Å². The van der Waals surface area contributed by atoms with E-state index in [4.69, 9.17) is 31.1 Å². The van der Waals surface area contributed by atoms with Gasteiger partial charge in [0.15, 0.2) is 0 Å². The Morgan fingerprint density at radius 3 is 2.08 bits per heavy atom. The number of aromatic nitrogens is 1. The maximum Gasteiger partial charge on any atom is 0.220 e. The van der Waals surface area contributed by atoms with Crippen LogP contribution in [0.3, 0.4) is 0 Å². The van der Waals surface area contributed by atoms with Crippen LogP contribution < -0.4 is 20.7 Å². The smallest absolute Gasteiger partial charge is 0.220 e. The highest BCUT2D eigenvalue weighted by Crippen LogP contribution is 2.41. The van der Waals surface area contributed by atoms with E-state index in [-0.39, 0.29) is 22.9 Å². The van der Waals surface area contributed by atoms with Crippen molar-refractivity contribution in [3.8, 4) is 28.3 Å². The number of hydrogen-bond acceptors (Lipinski definition) is 9. The van der Waals surface area contributed by atoms with Crippen molar-refractivity contribution < 1.29 is 23.5 Å². The van der Waals surface area contributed by atoms with Gasteiger partial charge in [0.25, 0.3) is 0 Å². The summed E-state index contributed by atoms with van der Waals surface area (Å²) in [5.41, 5.74) is 2.96. The summed E-state index contributed by atoms with van der Waals surface area (Å²) in [7, 11) is 3.17. The maximum absolute atomic E-state index is 16.6. The Hall–Kier alpha value is -4.52. The van der Waals surface area contributed by atoms with Crippen LogP contribution in [0.5, 0.6) is 5.88 Å². The molecule has 3 aromatic rings. The Balaban J connectivity index is 1.00. The van der Waals surface area contributed by atoms with Gasteiger partial charge in [-0.3, -0.25) is 24.4 Å². The number of nitrogens with one attached hydrogen (secondary N) is 3. The number of hydrogen-bond donors (Lipinski definition) is 3. The van der Waals surface area contributed by atoms with Crippen molar-refractivity contribution in [2.45, 2.75) is 55.8 Å². The van der Waals surface area contributed by atoms with Crippen LogP contribution in [-0.4, -0.2) is 90.8 Å². The molecule has 0 saturated carbocycles. The number of pyridine rings is 1. The molecule has 11 nitrogen and oxygen atoms in total. The van der Waals surface area contributed by atoms with Gasteiger partial charge in [-0.2, -0.15) is 0 Å². The molecular weight excluding hydrogens is 673 g/mol. The van der Waals surface area contributed by atoms with Crippen LogP contribution in [0.4, 0.5) is 4.39 Å². The summed E-state index contributed by atoms with van der Waals surface area (Å²) in [5.74, 6) is 0.776. The normalized spacial score (nSPS) is 23.5. The number of likely N-dealkylation sites (tertiary alicyclic amines) is 2. The molecule has 1 atom stereocenters. The lowest BCUT2D eigenvalue weighted by Gasteiger charge is -2.48. The number of ether oxygens (including phenoxy) is 2. The third kappa shape index (κ3) is 6.02. The lowest BCUT2D eigenvalue weighted by atomic mass is 9.87. The maximum atomic E-state index is 16.6. The van der Waals surface area contributed by atoms with Gasteiger partial charge in [-0.05, 0) is 25.8 Å². The molecule has 1 unspecified atom stereocenters. The van der Waals surface area contributed by atoms with Gasteiger partial charge in [0.2, 0.25) is 23.6 Å². The molecule has 0 aliphatic carbocycles. The monoisotopic (exact) mass is 713 g/mol. The molecule has 3 N–H and O–H groups in total. The third-order valence-electron chi connectivity index (χ3n) is 10.9. The quantitative estimate of drug-likeness (QED) is 0.300. The standard InChI is InChI=1S/C38H41ClFN7O4/c1-36(18-41-29(35(45-36)51-3)17-47-21-38(22-47)15-13-31(49)44-38)27-9-5-7-25(33(27)40)24-6-4-8-26(32(24)39)28-11-10-23(34(42-28)50-2)16-46-19-37(20-46)14-12-30(48)43-37/h4-11,18,45H,12-17,19-22H2,1-3H3,(H,43,48)(H,44,49). The summed E-state index contributed by atoms with van der Waals surface area (Å²) in [6.45, 7) is 6.18. The minimum Gasteiger partial charge on any atom is -0.481 e. The number of nitrogens with zero attached hydrogens (tertiary/aromatic N) is 4. The van der Waals surface area contributed by atoms with Crippen LogP contribution in [0.2, 0.25) is 5.02 Å². The number of aliphatic imine (C=N–C) groups is 1. The Bertz CT molecular complexity index is 1990. The predicted molar refractivity (Wildman–Crippen MR) is 192 cm³/mol. The van der Waals surface area contributed by atoms with Crippen molar-refractivity contribution >= 4 is 29.6 Å². The van der Waals surface area contributed by atoms with Gasteiger partial charge in [0.1, 0.15) is 17.1 Å². The highest BCUT2D eigenvalue weighted by atomic mass is 35.5. The van der Waals surface area contributed by atoms with Gasteiger partial charge in [-0.15, -0.1) is 0 Å². The van der Waals surface area contributed by atoms with E-state index in [1.54, 1.807) is 38.6 Å². The molecule has 5 aliphatic heterocycles. The van der Waals surface area contributed by atoms with Gasteiger partial charge < -0.3 is 25.4 Å². The lowest BCUT2D eigenvalue weighted by molar-refractivity contribution is -0.121. The zero-order chi connectivity index (χ0) is 35.5. The summed E-state index contributed by atoms with van der Waals surface area (Å²) >= 11 is 7.05. The number of methoxy groups -OCH3 is 2. The van der Waals surface area contributed by atoms with Crippen LogP contribution in [0.25, 0.3) is 22.4 Å². The first-order chi connectivity index (χ1) is 24.5. The number of amides is 2. The first-order valence-corrected chi connectivity index (χ1v) is 17.7.